The smallest absolute Gasteiger partial charge is 0.121 e. The van der Waals surface area contributed by atoms with E-state index in [0.717, 1.165) is 6.42 Å². The van der Waals surface area contributed by atoms with Gasteiger partial charge in [0, 0.05) is 0 Å². The third-order valence-electron chi connectivity index (χ3n) is 2.95. The average Bonchev–Trinajstić information content (AvgIpc) is 2.31. The van der Waals surface area contributed by atoms with Gasteiger partial charge in [0.05, 0.1) is 6.61 Å². The Bertz CT molecular complexity index is 309. The van der Waals surface area contributed by atoms with Crippen LogP contribution in [0.3, 0.4) is 0 Å². The van der Waals surface area contributed by atoms with Gasteiger partial charge in [0.15, 0.2) is 0 Å². The fourth-order valence-corrected chi connectivity index (χ4v) is 1.71. The monoisotopic (exact) mass is 222 g/mol. The third-order valence-corrected chi connectivity index (χ3v) is 2.95. The second-order valence-corrected chi connectivity index (χ2v) is 4.17. The van der Waals surface area contributed by atoms with E-state index in [4.69, 9.17) is 9.78 Å². The summed E-state index contributed by atoms with van der Waals surface area (Å²) in [5.74, 6) is 0.452. The highest BCUT2D eigenvalue weighted by Gasteiger charge is 2.21. The van der Waals surface area contributed by atoms with E-state index in [2.05, 4.69) is 32.9 Å². The van der Waals surface area contributed by atoms with Crippen LogP contribution in [0.15, 0.2) is 24.3 Å². The van der Waals surface area contributed by atoms with Crippen LogP contribution in [0.1, 0.15) is 44.4 Å². The van der Waals surface area contributed by atoms with Crippen molar-refractivity contribution in [1.82, 2.24) is 0 Å². The van der Waals surface area contributed by atoms with E-state index in [1.54, 1.807) is 0 Å². The number of rotatable bonds is 6. The number of hydrogen-bond acceptors (Lipinski definition) is 2. The lowest BCUT2D eigenvalue weighted by molar-refractivity contribution is -0.333. The average molecular weight is 222 g/mol. The minimum atomic E-state index is 0.0335. The molecule has 0 saturated carbocycles. The highest BCUT2D eigenvalue weighted by atomic mass is 17.2. The lowest BCUT2D eigenvalue weighted by Gasteiger charge is -2.23. The maximum Gasteiger partial charge on any atom is 0.121 e. The van der Waals surface area contributed by atoms with Gasteiger partial charge in [-0.25, -0.2) is 9.78 Å². The van der Waals surface area contributed by atoms with Crippen LogP contribution in [0.4, 0.5) is 0 Å². The van der Waals surface area contributed by atoms with Gasteiger partial charge < -0.3 is 0 Å². The fraction of sp³-hybridized carbons (Fsp3) is 0.571. The molecule has 0 saturated heterocycles. The molecular weight excluding hydrogens is 200 g/mol. The zero-order valence-electron chi connectivity index (χ0n) is 10.7. The van der Waals surface area contributed by atoms with Gasteiger partial charge in [-0.15, -0.1) is 0 Å². The molecule has 2 atom stereocenters. The first kappa shape index (κ1) is 13.2. The molecule has 2 unspecified atom stereocenters. The van der Waals surface area contributed by atoms with Crippen molar-refractivity contribution in [2.24, 2.45) is 5.92 Å². The highest BCUT2D eigenvalue weighted by Crippen LogP contribution is 2.30. The van der Waals surface area contributed by atoms with E-state index < -0.39 is 0 Å². The summed E-state index contributed by atoms with van der Waals surface area (Å²) in [7, 11) is 0. The number of aryl methyl sites for hydroxylation is 1. The molecular formula is C14H22O2. The van der Waals surface area contributed by atoms with Crippen molar-refractivity contribution < 1.29 is 9.78 Å². The van der Waals surface area contributed by atoms with Crippen LogP contribution in [0.2, 0.25) is 0 Å². The zero-order chi connectivity index (χ0) is 12.0. The van der Waals surface area contributed by atoms with Gasteiger partial charge in [0.25, 0.3) is 0 Å². The minimum Gasteiger partial charge on any atom is -0.236 e. The van der Waals surface area contributed by atoms with Crippen LogP contribution >= 0.6 is 0 Å². The maximum atomic E-state index is 5.51. The normalized spacial score (nSPS) is 14.8. The summed E-state index contributed by atoms with van der Waals surface area (Å²) < 4.78 is 0. The van der Waals surface area contributed by atoms with Crippen LogP contribution < -0.4 is 0 Å². The molecule has 0 N–H and O–H groups in total. The quantitative estimate of drug-likeness (QED) is 0.534. The van der Waals surface area contributed by atoms with Gasteiger partial charge in [0.2, 0.25) is 0 Å². The Morgan fingerprint density at radius 2 is 1.88 bits per heavy atom. The molecule has 0 radical (unpaired) electrons. The van der Waals surface area contributed by atoms with E-state index in [-0.39, 0.29) is 6.10 Å². The molecule has 0 amide bonds. The van der Waals surface area contributed by atoms with Crippen LogP contribution in [-0.4, -0.2) is 6.61 Å². The predicted octanol–water partition coefficient (Wildman–Crippen LogP) is 4.05. The molecule has 0 aliphatic rings. The summed E-state index contributed by atoms with van der Waals surface area (Å²) in [6, 6.07) is 8.32. The van der Waals surface area contributed by atoms with Crippen molar-refractivity contribution in [3.05, 3.63) is 35.4 Å². The lowest BCUT2D eigenvalue weighted by atomic mass is 9.92. The molecule has 90 valence electrons. The SMILES string of the molecule is CCOOC(c1ccccc1C)C(C)CC. The van der Waals surface area contributed by atoms with Crippen molar-refractivity contribution in [3.8, 4) is 0 Å². The number of hydrogen-bond donors (Lipinski definition) is 0. The molecule has 0 aromatic heterocycles. The van der Waals surface area contributed by atoms with Crippen molar-refractivity contribution in [3.63, 3.8) is 0 Å². The van der Waals surface area contributed by atoms with E-state index in [9.17, 15) is 0 Å². The van der Waals surface area contributed by atoms with Crippen LogP contribution in [-0.2, 0) is 9.78 Å². The molecule has 2 nitrogen and oxygen atoms in total. The van der Waals surface area contributed by atoms with Crippen LogP contribution in [0, 0.1) is 12.8 Å². The summed E-state index contributed by atoms with van der Waals surface area (Å²) in [6.45, 7) is 8.99. The molecule has 0 bridgehead atoms. The van der Waals surface area contributed by atoms with Crippen molar-refractivity contribution in [2.75, 3.05) is 6.61 Å². The van der Waals surface area contributed by atoms with E-state index in [0.29, 0.717) is 12.5 Å². The second kappa shape index (κ2) is 6.66. The standard InChI is InChI=1S/C14H22O2/c1-5-11(3)14(16-15-6-2)13-10-8-7-9-12(13)4/h7-11,14H,5-6H2,1-4H3. The molecule has 16 heavy (non-hydrogen) atoms. The molecule has 2 heteroatoms. The molecule has 0 spiro atoms. The van der Waals surface area contributed by atoms with Gasteiger partial charge in [-0.1, -0.05) is 44.5 Å². The highest BCUT2D eigenvalue weighted by molar-refractivity contribution is 5.28. The fourth-order valence-electron chi connectivity index (χ4n) is 1.71. The molecule has 0 aliphatic carbocycles. The van der Waals surface area contributed by atoms with Crippen LogP contribution in [0.25, 0.3) is 0 Å². The Morgan fingerprint density at radius 1 is 1.19 bits per heavy atom. The van der Waals surface area contributed by atoms with Gasteiger partial charge >= 0.3 is 0 Å². The molecule has 0 fully saturated rings. The summed E-state index contributed by atoms with van der Waals surface area (Å²) >= 11 is 0. The molecule has 1 rings (SSSR count). The van der Waals surface area contributed by atoms with Crippen molar-refractivity contribution in [2.45, 2.75) is 40.2 Å². The maximum absolute atomic E-state index is 5.51. The molecule has 0 heterocycles. The topological polar surface area (TPSA) is 18.5 Å². The Hall–Kier alpha value is -0.860. The summed E-state index contributed by atoms with van der Waals surface area (Å²) in [5.41, 5.74) is 2.48. The van der Waals surface area contributed by atoms with Gasteiger partial charge in [-0.3, -0.25) is 0 Å². The second-order valence-electron chi connectivity index (χ2n) is 4.17. The first-order valence-electron chi connectivity index (χ1n) is 6.04. The van der Waals surface area contributed by atoms with Crippen molar-refractivity contribution in [1.29, 1.82) is 0 Å². The summed E-state index contributed by atoms with van der Waals surface area (Å²) in [4.78, 5) is 10.6. The third kappa shape index (κ3) is 3.32. The predicted molar refractivity (Wildman–Crippen MR) is 66.1 cm³/mol. The van der Waals surface area contributed by atoms with Crippen molar-refractivity contribution >= 4 is 0 Å². The van der Waals surface area contributed by atoms with E-state index in [1.807, 2.05) is 19.1 Å². The Morgan fingerprint density at radius 3 is 2.44 bits per heavy atom. The lowest BCUT2D eigenvalue weighted by Crippen LogP contribution is -2.14. The van der Waals surface area contributed by atoms with Gasteiger partial charge in [0.1, 0.15) is 6.10 Å². The summed E-state index contributed by atoms with van der Waals surface area (Å²) in [5, 5.41) is 0. The van der Waals surface area contributed by atoms with E-state index >= 15 is 0 Å². The molecule has 0 aliphatic heterocycles. The van der Waals surface area contributed by atoms with Gasteiger partial charge in [-0.05, 0) is 30.9 Å². The number of benzene rings is 1. The largest absolute Gasteiger partial charge is 0.236 e. The Balaban J connectivity index is 2.87. The molecule has 1 aromatic carbocycles. The first-order valence-corrected chi connectivity index (χ1v) is 6.04. The minimum absolute atomic E-state index is 0.0335. The van der Waals surface area contributed by atoms with Gasteiger partial charge in [-0.2, -0.15) is 0 Å². The Labute approximate surface area is 98.5 Å². The first-order chi connectivity index (χ1) is 7.70. The zero-order valence-corrected chi connectivity index (χ0v) is 10.7. The Kier molecular flexibility index (Phi) is 5.50. The van der Waals surface area contributed by atoms with E-state index in [1.165, 1.54) is 11.1 Å². The molecule has 1 aromatic rings. The van der Waals surface area contributed by atoms with Crippen LogP contribution in [0.5, 0.6) is 0 Å². The summed E-state index contributed by atoms with van der Waals surface area (Å²) in [6.07, 6.45) is 1.11.